The molecule has 20 heavy (non-hydrogen) atoms. The summed E-state index contributed by atoms with van der Waals surface area (Å²) in [4.78, 5) is 14.3. The number of aliphatic hydroxyl groups excluding tert-OH is 1. The van der Waals surface area contributed by atoms with Crippen LogP contribution in [0.3, 0.4) is 0 Å². The fourth-order valence-corrected chi connectivity index (χ4v) is 2.49. The van der Waals surface area contributed by atoms with Crippen LogP contribution in [0.25, 0.3) is 0 Å². The molecule has 0 aromatic heterocycles. The molecule has 1 amide bonds. The van der Waals surface area contributed by atoms with Gasteiger partial charge in [-0.2, -0.15) is 0 Å². The Kier molecular flexibility index (Phi) is 6.02. The van der Waals surface area contributed by atoms with Gasteiger partial charge < -0.3 is 10.4 Å². The van der Waals surface area contributed by atoms with Crippen LogP contribution in [0, 0.1) is 0 Å². The molecule has 1 aromatic rings. The highest BCUT2D eigenvalue weighted by Gasteiger charge is 2.24. The van der Waals surface area contributed by atoms with Crippen molar-refractivity contribution < 1.29 is 9.90 Å². The number of carbonyl (C=O) groups is 1. The lowest BCUT2D eigenvalue weighted by atomic mass is 9.91. The van der Waals surface area contributed by atoms with Gasteiger partial charge in [-0.25, -0.2) is 0 Å². The van der Waals surface area contributed by atoms with Crippen LogP contribution in [-0.2, 0) is 4.79 Å². The van der Waals surface area contributed by atoms with Crippen molar-refractivity contribution in [1.29, 1.82) is 0 Å². The maximum absolute atomic E-state index is 11.9. The number of hydrogen-bond acceptors (Lipinski definition) is 3. The summed E-state index contributed by atoms with van der Waals surface area (Å²) in [7, 11) is 0. The number of carbonyl (C=O) groups excluding carboxylic acids is 1. The topological polar surface area (TPSA) is 52.6 Å². The van der Waals surface area contributed by atoms with Gasteiger partial charge in [0.15, 0.2) is 0 Å². The Bertz CT molecular complexity index is 404. The lowest BCUT2D eigenvalue weighted by Crippen LogP contribution is -2.42. The SMILES string of the molecule is O=C(CCN(CCCO)C1CCC1)Nc1ccccc1. The van der Waals surface area contributed by atoms with E-state index in [1.165, 1.54) is 19.3 Å². The first-order chi connectivity index (χ1) is 9.79. The molecule has 0 spiro atoms. The van der Waals surface area contributed by atoms with Crippen molar-refractivity contribution in [3.8, 4) is 0 Å². The number of anilines is 1. The molecule has 0 aliphatic heterocycles. The number of benzene rings is 1. The van der Waals surface area contributed by atoms with E-state index in [2.05, 4.69) is 10.2 Å². The van der Waals surface area contributed by atoms with Gasteiger partial charge in [0.2, 0.25) is 5.91 Å². The maximum Gasteiger partial charge on any atom is 0.225 e. The van der Waals surface area contributed by atoms with E-state index in [9.17, 15) is 4.79 Å². The zero-order chi connectivity index (χ0) is 14.2. The molecule has 0 saturated heterocycles. The normalized spacial score (nSPS) is 15.1. The highest BCUT2D eigenvalue weighted by Crippen LogP contribution is 2.25. The lowest BCUT2D eigenvalue weighted by Gasteiger charge is -2.37. The monoisotopic (exact) mass is 276 g/mol. The van der Waals surface area contributed by atoms with Crippen molar-refractivity contribution in [3.63, 3.8) is 0 Å². The molecular weight excluding hydrogens is 252 g/mol. The van der Waals surface area contributed by atoms with E-state index in [1.54, 1.807) is 0 Å². The van der Waals surface area contributed by atoms with Crippen LogP contribution >= 0.6 is 0 Å². The van der Waals surface area contributed by atoms with Crippen molar-refractivity contribution >= 4 is 11.6 Å². The van der Waals surface area contributed by atoms with E-state index in [-0.39, 0.29) is 12.5 Å². The van der Waals surface area contributed by atoms with E-state index in [1.807, 2.05) is 30.3 Å². The number of nitrogens with one attached hydrogen (secondary N) is 1. The van der Waals surface area contributed by atoms with Crippen molar-refractivity contribution in [2.75, 3.05) is 25.0 Å². The average Bonchev–Trinajstić information content (AvgIpc) is 2.41. The molecule has 1 aromatic carbocycles. The van der Waals surface area contributed by atoms with Crippen LogP contribution in [0.2, 0.25) is 0 Å². The van der Waals surface area contributed by atoms with Gasteiger partial charge in [-0.05, 0) is 31.4 Å². The van der Waals surface area contributed by atoms with Crippen LogP contribution < -0.4 is 5.32 Å². The molecular formula is C16H24N2O2. The zero-order valence-electron chi connectivity index (χ0n) is 11.9. The van der Waals surface area contributed by atoms with Crippen LogP contribution in [0.15, 0.2) is 30.3 Å². The summed E-state index contributed by atoms with van der Waals surface area (Å²) in [6.07, 6.45) is 5.04. The molecule has 1 fully saturated rings. The average molecular weight is 276 g/mol. The van der Waals surface area contributed by atoms with Crippen molar-refractivity contribution in [2.45, 2.75) is 38.1 Å². The minimum atomic E-state index is 0.0597. The highest BCUT2D eigenvalue weighted by molar-refractivity contribution is 5.90. The molecule has 1 aliphatic rings. The molecule has 4 nitrogen and oxygen atoms in total. The summed E-state index contributed by atoms with van der Waals surface area (Å²) in [5.41, 5.74) is 0.850. The third-order valence-corrected chi connectivity index (χ3v) is 3.88. The predicted octanol–water partition coefficient (Wildman–Crippen LogP) is 2.25. The van der Waals surface area contributed by atoms with E-state index in [0.29, 0.717) is 12.5 Å². The van der Waals surface area contributed by atoms with Crippen molar-refractivity contribution in [2.24, 2.45) is 0 Å². The lowest BCUT2D eigenvalue weighted by molar-refractivity contribution is -0.116. The predicted molar refractivity (Wildman–Crippen MR) is 80.6 cm³/mol. The first kappa shape index (κ1) is 15.0. The van der Waals surface area contributed by atoms with Gasteiger partial charge in [-0.15, -0.1) is 0 Å². The number of hydrogen-bond donors (Lipinski definition) is 2. The fraction of sp³-hybridized carbons (Fsp3) is 0.562. The van der Waals surface area contributed by atoms with Crippen LogP contribution in [0.1, 0.15) is 32.1 Å². The Balaban J connectivity index is 1.74. The van der Waals surface area contributed by atoms with Crippen LogP contribution in [0.5, 0.6) is 0 Å². The van der Waals surface area contributed by atoms with E-state index < -0.39 is 0 Å². The minimum Gasteiger partial charge on any atom is -0.396 e. The van der Waals surface area contributed by atoms with Gasteiger partial charge in [-0.3, -0.25) is 9.69 Å². The minimum absolute atomic E-state index is 0.0597. The summed E-state index contributed by atoms with van der Waals surface area (Å²) < 4.78 is 0. The second-order valence-electron chi connectivity index (χ2n) is 5.36. The van der Waals surface area contributed by atoms with Crippen LogP contribution in [-0.4, -0.2) is 41.7 Å². The summed E-state index contributed by atoms with van der Waals surface area (Å²) >= 11 is 0. The highest BCUT2D eigenvalue weighted by atomic mass is 16.3. The van der Waals surface area contributed by atoms with Crippen molar-refractivity contribution in [3.05, 3.63) is 30.3 Å². The Morgan fingerprint density at radius 3 is 2.60 bits per heavy atom. The van der Waals surface area contributed by atoms with Gasteiger partial charge in [0.25, 0.3) is 0 Å². The third kappa shape index (κ3) is 4.62. The molecule has 0 unspecified atom stereocenters. The van der Waals surface area contributed by atoms with Gasteiger partial charge in [0.1, 0.15) is 0 Å². The first-order valence-corrected chi connectivity index (χ1v) is 7.49. The molecule has 0 bridgehead atoms. The number of para-hydroxylation sites is 1. The second-order valence-corrected chi connectivity index (χ2v) is 5.36. The van der Waals surface area contributed by atoms with E-state index in [4.69, 9.17) is 5.11 Å². The molecule has 0 atom stereocenters. The Labute approximate surface area is 120 Å². The molecule has 2 N–H and O–H groups in total. The molecule has 4 heteroatoms. The van der Waals surface area contributed by atoms with Gasteiger partial charge in [-0.1, -0.05) is 24.6 Å². The number of rotatable bonds is 8. The van der Waals surface area contributed by atoms with Gasteiger partial charge in [0.05, 0.1) is 0 Å². The van der Waals surface area contributed by atoms with Gasteiger partial charge in [0, 0.05) is 37.8 Å². The molecule has 1 saturated carbocycles. The van der Waals surface area contributed by atoms with Crippen LogP contribution in [0.4, 0.5) is 5.69 Å². The van der Waals surface area contributed by atoms with Crippen molar-refractivity contribution in [1.82, 2.24) is 4.90 Å². The first-order valence-electron chi connectivity index (χ1n) is 7.49. The summed E-state index contributed by atoms with van der Waals surface area (Å²) in [5, 5.41) is 11.9. The zero-order valence-corrected chi connectivity index (χ0v) is 11.9. The Morgan fingerprint density at radius 1 is 1.25 bits per heavy atom. The Morgan fingerprint density at radius 2 is 2.00 bits per heavy atom. The number of amides is 1. The molecule has 1 aliphatic carbocycles. The molecule has 0 radical (unpaired) electrons. The summed E-state index contributed by atoms with van der Waals surface area (Å²) in [6, 6.07) is 10.2. The summed E-state index contributed by atoms with van der Waals surface area (Å²) in [5.74, 6) is 0.0597. The quantitative estimate of drug-likeness (QED) is 0.765. The third-order valence-electron chi connectivity index (χ3n) is 3.88. The standard InChI is InChI=1S/C16H24N2O2/c19-13-5-11-18(15-8-4-9-15)12-10-16(20)17-14-6-2-1-3-7-14/h1-3,6-7,15,19H,4-5,8-13H2,(H,17,20). The fourth-order valence-electron chi connectivity index (χ4n) is 2.49. The smallest absolute Gasteiger partial charge is 0.225 e. The number of aliphatic hydroxyl groups is 1. The maximum atomic E-state index is 11.9. The van der Waals surface area contributed by atoms with E-state index in [0.717, 1.165) is 25.2 Å². The molecule has 110 valence electrons. The number of nitrogens with zero attached hydrogens (tertiary/aromatic N) is 1. The second kappa shape index (κ2) is 8.02. The van der Waals surface area contributed by atoms with Gasteiger partial charge >= 0.3 is 0 Å². The molecule has 2 rings (SSSR count). The largest absolute Gasteiger partial charge is 0.396 e. The van der Waals surface area contributed by atoms with E-state index >= 15 is 0 Å². The summed E-state index contributed by atoms with van der Waals surface area (Å²) in [6.45, 7) is 1.89. The Hall–Kier alpha value is -1.39. The molecule has 0 heterocycles.